The lowest BCUT2D eigenvalue weighted by atomic mass is 10.0. The van der Waals surface area contributed by atoms with Gasteiger partial charge in [-0.25, -0.2) is 4.79 Å². The zero-order valence-electron chi connectivity index (χ0n) is 12.5. The van der Waals surface area contributed by atoms with Crippen molar-refractivity contribution in [2.24, 2.45) is 5.73 Å². The fourth-order valence-electron chi connectivity index (χ4n) is 2.71. The van der Waals surface area contributed by atoms with Crippen molar-refractivity contribution >= 4 is 6.09 Å². The van der Waals surface area contributed by atoms with Crippen molar-refractivity contribution in [2.45, 2.75) is 25.3 Å². The van der Waals surface area contributed by atoms with E-state index in [0.29, 0.717) is 19.2 Å². The van der Waals surface area contributed by atoms with Crippen molar-refractivity contribution in [3.8, 4) is 0 Å². The molecule has 1 saturated heterocycles. The van der Waals surface area contributed by atoms with E-state index in [0.717, 1.165) is 38.9 Å². The van der Waals surface area contributed by atoms with Gasteiger partial charge in [0.05, 0.1) is 0 Å². The van der Waals surface area contributed by atoms with Gasteiger partial charge in [-0.2, -0.15) is 0 Å². The average Bonchev–Trinajstić information content (AvgIpc) is 2.51. The summed E-state index contributed by atoms with van der Waals surface area (Å²) in [5.41, 5.74) is 6.32. The number of nitrogens with two attached hydrogens (primary N) is 1. The van der Waals surface area contributed by atoms with Crippen LogP contribution in [-0.4, -0.2) is 49.8 Å². The normalized spacial score (nSPS) is 16.8. The lowest BCUT2D eigenvalue weighted by molar-refractivity contribution is 0.151. The molecule has 3 N–H and O–H groups in total. The van der Waals surface area contributed by atoms with Crippen molar-refractivity contribution in [2.75, 3.05) is 32.8 Å². The molecule has 1 aliphatic heterocycles. The van der Waals surface area contributed by atoms with E-state index >= 15 is 0 Å². The molecule has 1 heterocycles. The summed E-state index contributed by atoms with van der Waals surface area (Å²) in [4.78, 5) is 13.0. The highest BCUT2D eigenvalue weighted by molar-refractivity contribution is 5.64. The molecule has 2 rings (SSSR count). The van der Waals surface area contributed by atoms with Crippen LogP contribution in [0, 0.1) is 0 Å². The Morgan fingerprint density at radius 3 is 2.67 bits per heavy atom. The van der Waals surface area contributed by atoms with Gasteiger partial charge in [-0.3, -0.25) is 0 Å². The molecule has 1 aromatic carbocycles. The smallest absolute Gasteiger partial charge is 0.404 e. The maximum atomic E-state index is 10.4. The number of carbonyl (C=O) groups excluding carboxylic acids is 1. The van der Waals surface area contributed by atoms with E-state index in [2.05, 4.69) is 40.5 Å². The van der Waals surface area contributed by atoms with E-state index in [1.165, 1.54) is 5.56 Å². The topological polar surface area (TPSA) is 67.6 Å². The number of hydrogen-bond donors (Lipinski definition) is 2. The monoisotopic (exact) mass is 291 g/mol. The van der Waals surface area contributed by atoms with E-state index < -0.39 is 6.09 Å². The van der Waals surface area contributed by atoms with Gasteiger partial charge in [-0.15, -0.1) is 0 Å². The lowest BCUT2D eigenvalue weighted by Crippen LogP contribution is -2.44. The van der Waals surface area contributed by atoms with Crippen molar-refractivity contribution < 1.29 is 9.53 Å². The molecule has 0 bridgehead atoms. The number of piperidine rings is 1. The first kappa shape index (κ1) is 15.8. The summed E-state index contributed by atoms with van der Waals surface area (Å²) in [7, 11) is 0. The zero-order chi connectivity index (χ0) is 14.9. The number of nitrogens with one attached hydrogen (secondary N) is 1. The molecule has 1 aliphatic rings. The third kappa shape index (κ3) is 6.14. The second-order valence-corrected chi connectivity index (χ2v) is 5.47. The molecule has 0 aromatic heterocycles. The fraction of sp³-hybridized carbons (Fsp3) is 0.562. The van der Waals surface area contributed by atoms with Crippen molar-refractivity contribution in [3.63, 3.8) is 0 Å². The predicted molar refractivity (Wildman–Crippen MR) is 83.1 cm³/mol. The molecule has 0 radical (unpaired) electrons. The number of benzene rings is 1. The van der Waals surface area contributed by atoms with Crippen LogP contribution in [0.2, 0.25) is 0 Å². The quantitative estimate of drug-likeness (QED) is 0.745. The van der Waals surface area contributed by atoms with Gasteiger partial charge in [-0.1, -0.05) is 30.3 Å². The summed E-state index contributed by atoms with van der Waals surface area (Å²) in [6, 6.07) is 11.1. The van der Waals surface area contributed by atoms with Crippen LogP contribution >= 0.6 is 0 Å². The molecule has 0 atom stereocenters. The van der Waals surface area contributed by atoms with Crippen LogP contribution in [0.3, 0.4) is 0 Å². The molecule has 5 heteroatoms. The first-order valence-corrected chi connectivity index (χ1v) is 7.66. The number of ether oxygens (including phenoxy) is 1. The summed E-state index contributed by atoms with van der Waals surface area (Å²) >= 11 is 0. The van der Waals surface area contributed by atoms with E-state index in [9.17, 15) is 4.79 Å². The molecule has 1 fully saturated rings. The molecule has 0 aliphatic carbocycles. The van der Waals surface area contributed by atoms with Crippen molar-refractivity contribution in [1.29, 1.82) is 0 Å². The largest absolute Gasteiger partial charge is 0.448 e. The Morgan fingerprint density at radius 2 is 2.00 bits per heavy atom. The van der Waals surface area contributed by atoms with Crippen LogP contribution in [0.5, 0.6) is 0 Å². The highest BCUT2D eigenvalue weighted by atomic mass is 16.5. The van der Waals surface area contributed by atoms with Gasteiger partial charge < -0.3 is 20.7 Å². The molecule has 1 aromatic rings. The maximum absolute atomic E-state index is 10.4. The Hall–Kier alpha value is -1.59. The Morgan fingerprint density at radius 1 is 1.29 bits per heavy atom. The summed E-state index contributed by atoms with van der Waals surface area (Å²) in [5, 5.41) is 3.41. The first-order chi connectivity index (χ1) is 10.2. The van der Waals surface area contributed by atoms with Crippen LogP contribution in [0.15, 0.2) is 30.3 Å². The Kier molecular flexibility index (Phi) is 6.50. The van der Waals surface area contributed by atoms with Gasteiger partial charge >= 0.3 is 6.09 Å². The highest BCUT2D eigenvalue weighted by Gasteiger charge is 2.18. The summed E-state index contributed by atoms with van der Waals surface area (Å²) in [6.45, 7) is 4.41. The lowest BCUT2D eigenvalue weighted by Gasteiger charge is -2.32. The molecule has 5 nitrogen and oxygen atoms in total. The van der Waals surface area contributed by atoms with Gasteiger partial charge in [0.2, 0.25) is 0 Å². The van der Waals surface area contributed by atoms with Crippen molar-refractivity contribution in [1.82, 2.24) is 10.2 Å². The Bertz CT molecular complexity index is 417. The molecular formula is C16H25N3O2. The van der Waals surface area contributed by atoms with E-state index in [1.807, 2.05) is 0 Å². The van der Waals surface area contributed by atoms with Crippen LogP contribution in [-0.2, 0) is 11.2 Å². The Labute approximate surface area is 126 Å². The standard InChI is InChI=1S/C16H25N3O2/c17-16(20)21-13-9-18-15-7-11-19(12-8-15)10-6-14-4-2-1-3-5-14/h1-5,15,18H,6-13H2,(H2,17,20). The van der Waals surface area contributed by atoms with Gasteiger partial charge in [0.25, 0.3) is 0 Å². The minimum Gasteiger partial charge on any atom is -0.448 e. The fourth-order valence-corrected chi connectivity index (χ4v) is 2.71. The minimum absolute atomic E-state index is 0.351. The Balaban J connectivity index is 1.57. The number of nitrogens with zero attached hydrogens (tertiary/aromatic N) is 1. The third-order valence-corrected chi connectivity index (χ3v) is 3.93. The van der Waals surface area contributed by atoms with Gasteiger partial charge in [0, 0.05) is 19.1 Å². The van der Waals surface area contributed by atoms with Gasteiger partial charge in [0.1, 0.15) is 6.61 Å². The van der Waals surface area contributed by atoms with Gasteiger partial charge in [0.15, 0.2) is 0 Å². The second kappa shape index (κ2) is 8.64. The van der Waals surface area contributed by atoms with E-state index in [4.69, 9.17) is 10.5 Å². The van der Waals surface area contributed by atoms with Gasteiger partial charge in [-0.05, 0) is 37.9 Å². The number of likely N-dealkylation sites (tertiary alicyclic amines) is 1. The third-order valence-electron chi connectivity index (χ3n) is 3.93. The zero-order valence-corrected chi connectivity index (χ0v) is 12.5. The molecule has 1 amide bonds. The van der Waals surface area contributed by atoms with E-state index in [1.54, 1.807) is 0 Å². The number of rotatable bonds is 7. The highest BCUT2D eigenvalue weighted by Crippen LogP contribution is 2.11. The summed E-state index contributed by atoms with van der Waals surface area (Å²) in [5.74, 6) is 0. The molecule has 0 saturated carbocycles. The van der Waals surface area contributed by atoms with Crippen LogP contribution in [0.1, 0.15) is 18.4 Å². The molecule has 116 valence electrons. The predicted octanol–water partition coefficient (Wildman–Crippen LogP) is 1.38. The average molecular weight is 291 g/mol. The molecular weight excluding hydrogens is 266 g/mol. The molecule has 0 unspecified atom stereocenters. The van der Waals surface area contributed by atoms with Crippen LogP contribution < -0.4 is 11.1 Å². The second-order valence-electron chi connectivity index (χ2n) is 5.47. The number of amides is 1. The number of primary amides is 1. The minimum atomic E-state index is -0.701. The van der Waals surface area contributed by atoms with Crippen LogP contribution in [0.4, 0.5) is 4.79 Å². The maximum Gasteiger partial charge on any atom is 0.404 e. The molecule has 0 spiro atoms. The summed E-state index contributed by atoms with van der Waals surface area (Å²) < 4.78 is 4.71. The number of carbonyl (C=O) groups is 1. The summed E-state index contributed by atoms with van der Waals surface area (Å²) in [6.07, 6.45) is 2.70. The SMILES string of the molecule is NC(=O)OCCNC1CCN(CCc2ccccc2)CC1. The number of hydrogen-bond acceptors (Lipinski definition) is 4. The van der Waals surface area contributed by atoms with Crippen molar-refractivity contribution in [3.05, 3.63) is 35.9 Å². The molecule has 21 heavy (non-hydrogen) atoms. The van der Waals surface area contributed by atoms with Crippen LogP contribution in [0.25, 0.3) is 0 Å². The van der Waals surface area contributed by atoms with E-state index in [-0.39, 0.29) is 0 Å². The first-order valence-electron chi connectivity index (χ1n) is 7.66.